The number of nitro groups is 1. The van der Waals surface area contributed by atoms with Gasteiger partial charge in [0.25, 0.3) is 11.6 Å². The summed E-state index contributed by atoms with van der Waals surface area (Å²) in [6, 6.07) is 3.85. The molecule has 0 spiro atoms. The second-order valence-electron chi connectivity index (χ2n) is 5.17. The Balaban J connectivity index is 2.24. The van der Waals surface area contributed by atoms with E-state index in [-0.39, 0.29) is 16.9 Å². The molecule has 0 saturated heterocycles. The van der Waals surface area contributed by atoms with E-state index in [0.717, 1.165) is 25.7 Å². The number of nitrogens with two attached hydrogens (primary N) is 2. The Hall–Kier alpha value is -2.15. The van der Waals surface area contributed by atoms with Crippen LogP contribution in [0.15, 0.2) is 18.2 Å². The van der Waals surface area contributed by atoms with Crippen molar-refractivity contribution in [2.75, 3.05) is 12.3 Å². The molecule has 0 unspecified atom stereocenters. The minimum atomic E-state index is -0.551. The summed E-state index contributed by atoms with van der Waals surface area (Å²) in [4.78, 5) is 22.5. The molecular weight excluding hydrogens is 260 g/mol. The fourth-order valence-electron chi connectivity index (χ4n) is 2.59. The highest BCUT2D eigenvalue weighted by Gasteiger charge is 2.34. The SMILES string of the molecule is NCC1(NC(=O)c2cc([N+](=O)[O-])ccc2N)CCCC1. The van der Waals surface area contributed by atoms with E-state index in [9.17, 15) is 14.9 Å². The maximum Gasteiger partial charge on any atom is 0.270 e. The van der Waals surface area contributed by atoms with Crippen LogP contribution in [0, 0.1) is 10.1 Å². The Kier molecular flexibility index (Phi) is 3.89. The predicted octanol–water partition coefficient (Wildman–Crippen LogP) is 1.18. The molecule has 20 heavy (non-hydrogen) atoms. The molecule has 2 rings (SSSR count). The molecule has 1 aliphatic rings. The summed E-state index contributed by atoms with van der Waals surface area (Å²) in [6.45, 7) is 0.355. The minimum Gasteiger partial charge on any atom is -0.398 e. The molecule has 1 aliphatic carbocycles. The lowest BCUT2D eigenvalue weighted by molar-refractivity contribution is -0.384. The summed E-state index contributed by atoms with van der Waals surface area (Å²) in [7, 11) is 0. The normalized spacial score (nSPS) is 16.9. The number of amides is 1. The van der Waals surface area contributed by atoms with Crippen LogP contribution in [0.2, 0.25) is 0 Å². The highest BCUT2D eigenvalue weighted by molar-refractivity contribution is 6.00. The lowest BCUT2D eigenvalue weighted by Crippen LogP contribution is -2.51. The molecule has 108 valence electrons. The van der Waals surface area contributed by atoms with Crippen molar-refractivity contribution in [3.63, 3.8) is 0 Å². The number of carbonyl (C=O) groups is 1. The molecular formula is C13H18N4O3. The fourth-order valence-corrected chi connectivity index (χ4v) is 2.59. The minimum absolute atomic E-state index is 0.124. The number of benzene rings is 1. The van der Waals surface area contributed by atoms with Gasteiger partial charge in [-0.3, -0.25) is 14.9 Å². The van der Waals surface area contributed by atoms with Crippen molar-refractivity contribution in [3.8, 4) is 0 Å². The lowest BCUT2D eigenvalue weighted by atomic mass is 9.97. The monoisotopic (exact) mass is 278 g/mol. The highest BCUT2D eigenvalue weighted by Crippen LogP contribution is 2.29. The van der Waals surface area contributed by atoms with E-state index < -0.39 is 16.4 Å². The lowest BCUT2D eigenvalue weighted by Gasteiger charge is -2.28. The van der Waals surface area contributed by atoms with E-state index >= 15 is 0 Å². The van der Waals surface area contributed by atoms with Crippen LogP contribution >= 0.6 is 0 Å². The van der Waals surface area contributed by atoms with Gasteiger partial charge in [0.05, 0.1) is 16.0 Å². The molecule has 1 amide bonds. The molecule has 7 heteroatoms. The van der Waals surface area contributed by atoms with Crippen LogP contribution in [-0.4, -0.2) is 22.9 Å². The van der Waals surface area contributed by atoms with E-state index in [1.807, 2.05) is 0 Å². The number of nitrogen functional groups attached to an aromatic ring is 1. The molecule has 0 aromatic heterocycles. The van der Waals surface area contributed by atoms with Gasteiger partial charge in [0, 0.05) is 24.4 Å². The maximum atomic E-state index is 12.3. The van der Waals surface area contributed by atoms with Crippen LogP contribution < -0.4 is 16.8 Å². The zero-order valence-corrected chi connectivity index (χ0v) is 11.1. The van der Waals surface area contributed by atoms with Crippen LogP contribution in [0.1, 0.15) is 36.0 Å². The topological polar surface area (TPSA) is 124 Å². The van der Waals surface area contributed by atoms with Crippen molar-refractivity contribution >= 4 is 17.3 Å². The molecule has 0 heterocycles. The third-order valence-electron chi connectivity index (χ3n) is 3.82. The number of nitrogens with one attached hydrogen (secondary N) is 1. The third-order valence-corrected chi connectivity index (χ3v) is 3.82. The summed E-state index contributed by atoms with van der Waals surface area (Å²) in [5.74, 6) is -0.404. The van der Waals surface area contributed by atoms with E-state index in [4.69, 9.17) is 11.5 Å². The molecule has 1 fully saturated rings. The molecule has 5 N–H and O–H groups in total. The van der Waals surface area contributed by atoms with Gasteiger partial charge in [0.2, 0.25) is 0 Å². The largest absolute Gasteiger partial charge is 0.398 e. The second-order valence-corrected chi connectivity index (χ2v) is 5.17. The average molecular weight is 278 g/mol. The van der Waals surface area contributed by atoms with Crippen molar-refractivity contribution in [2.24, 2.45) is 5.73 Å². The first-order chi connectivity index (χ1) is 9.47. The molecule has 0 atom stereocenters. The van der Waals surface area contributed by atoms with E-state index in [1.54, 1.807) is 0 Å². The Morgan fingerprint density at radius 3 is 2.60 bits per heavy atom. The van der Waals surface area contributed by atoms with Gasteiger partial charge >= 0.3 is 0 Å². The molecule has 7 nitrogen and oxygen atoms in total. The summed E-state index contributed by atoms with van der Waals surface area (Å²) in [5, 5.41) is 13.7. The van der Waals surface area contributed by atoms with E-state index in [1.165, 1.54) is 18.2 Å². The smallest absolute Gasteiger partial charge is 0.270 e. The third kappa shape index (κ3) is 2.72. The molecule has 0 radical (unpaired) electrons. The van der Waals surface area contributed by atoms with Crippen LogP contribution in [0.25, 0.3) is 0 Å². The number of non-ortho nitro benzene ring substituents is 1. The second kappa shape index (κ2) is 5.46. The molecule has 1 saturated carbocycles. The number of hydrogen-bond acceptors (Lipinski definition) is 5. The first-order valence-corrected chi connectivity index (χ1v) is 6.54. The Morgan fingerprint density at radius 1 is 1.40 bits per heavy atom. The molecule has 1 aromatic carbocycles. The van der Waals surface area contributed by atoms with Gasteiger partial charge in [-0.05, 0) is 18.9 Å². The van der Waals surface area contributed by atoms with Crippen molar-refractivity contribution in [3.05, 3.63) is 33.9 Å². The average Bonchev–Trinajstić information content (AvgIpc) is 2.88. The first kappa shape index (κ1) is 14.3. The van der Waals surface area contributed by atoms with Crippen LogP contribution in [0.4, 0.5) is 11.4 Å². The zero-order chi connectivity index (χ0) is 14.8. The van der Waals surface area contributed by atoms with Gasteiger partial charge in [-0.2, -0.15) is 0 Å². The van der Waals surface area contributed by atoms with Crippen LogP contribution in [0.5, 0.6) is 0 Å². The van der Waals surface area contributed by atoms with Gasteiger partial charge in [-0.25, -0.2) is 0 Å². The van der Waals surface area contributed by atoms with Crippen molar-refractivity contribution in [2.45, 2.75) is 31.2 Å². The summed E-state index contributed by atoms with van der Waals surface area (Å²) >= 11 is 0. The number of hydrogen-bond donors (Lipinski definition) is 3. The van der Waals surface area contributed by atoms with Crippen LogP contribution in [-0.2, 0) is 0 Å². The number of anilines is 1. The van der Waals surface area contributed by atoms with Gasteiger partial charge < -0.3 is 16.8 Å². The zero-order valence-electron chi connectivity index (χ0n) is 11.1. The Morgan fingerprint density at radius 2 is 2.05 bits per heavy atom. The summed E-state index contributed by atoms with van der Waals surface area (Å²) in [6.07, 6.45) is 3.68. The molecule has 1 aromatic rings. The summed E-state index contributed by atoms with van der Waals surface area (Å²) < 4.78 is 0. The van der Waals surface area contributed by atoms with Crippen molar-refractivity contribution in [1.29, 1.82) is 0 Å². The Labute approximate surface area is 116 Å². The molecule has 0 bridgehead atoms. The van der Waals surface area contributed by atoms with E-state index in [2.05, 4.69) is 5.32 Å². The predicted molar refractivity (Wildman–Crippen MR) is 75.2 cm³/mol. The van der Waals surface area contributed by atoms with Gasteiger partial charge in [-0.15, -0.1) is 0 Å². The van der Waals surface area contributed by atoms with Crippen molar-refractivity contribution < 1.29 is 9.72 Å². The van der Waals surface area contributed by atoms with Gasteiger partial charge in [0.15, 0.2) is 0 Å². The number of nitro benzene ring substituents is 1. The quantitative estimate of drug-likeness (QED) is 0.433. The van der Waals surface area contributed by atoms with Gasteiger partial charge in [-0.1, -0.05) is 12.8 Å². The maximum absolute atomic E-state index is 12.3. The standard InChI is InChI=1S/C13H18N4O3/c14-8-13(5-1-2-6-13)16-12(18)10-7-9(17(19)20)3-4-11(10)15/h3-4,7H,1-2,5-6,8,14-15H2,(H,16,18). The first-order valence-electron chi connectivity index (χ1n) is 6.54. The summed E-state index contributed by atoms with van der Waals surface area (Å²) in [5.41, 5.74) is 11.3. The van der Waals surface area contributed by atoms with E-state index in [0.29, 0.717) is 6.54 Å². The highest BCUT2D eigenvalue weighted by atomic mass is 16.6. The van der Waals surface area contributed by atoms with Crippen LogP contribution in [0.3, 0.4) is 0 Å². The number of nitrogens with zero attached hydrogens (tertiary/aromatic N) is 1. The molecule has 0 aliphatic heterocycles. The fraction of sp³-hybridized carbons (Fsp3) is 0.462. The Bertz CT molecular complexity index is 538. The number of rotatable bonds is 4. The number of carbonyl (C=O) groups excluding carboxylic acids is 1. The van der Waals surface area contributed by atoms with Crippen molar-refractivity contribution in [1.82, 2.24) is 5.32 Å². The van der Waals surface area contributed by atoms with Gasteiger partial charge in [0.1, 0.15) is 0 Å².